The molecule has 0 saturated carbocycles. The van der Waals surface area contributed by atoms with E-state index < -0.39 is 0 Å². The molecule has 0 radical (unpaired) electrons. The maximum Gasteiger partial charge on any atom is 0.0447 e. The van der Waals surface area contributed by atoms with Crippen LogP contribution in [-0.4, -0.2) is 54.1 Å². The van der Waals surface area contributed by atoms with Gasteiger partial charge in [0.05, 0.1) is 0 Å². The van der Waals surface area contributed by atoms with Crippen molar-refractivity contribution >= 4 is 24.3 Å². The van der Waals surface area contributed by atoms with Gasteiger partial charge in [-0.3, -0.25) is 0 Å². The molecule has 2 heterocycles. The smallest absolute Gasteiger partial charge is 0.0447 e. The fourth-order valence-corrected chi connectivity index (χ4v) is 4.38. The van der Waals surface area contributed by atoms with Crippen LogP contribution in [0.15, 0.2) is 0 Å². The predicted octanol–water partition coefficient (Wildman–Crippen LogP) is 0.225. The van der Waals surface area contributed by atoms with Crippen molar-refractivity contribution in [2.75, 3.05) is 39.8 Å². The Kier molecular flexibility index (Phi) is 4.91. The summed E-state index contributed by atoms with van der Waals surface area (Å²) in [6.45, 7) is 7.40. The molecule has 1 aliphatic heterocycles. The molecule has 0 N–H and O–H groups in total. The molecule has 1 aromatic rings. The lowest BCUT2D eigenvalue weighted by atomic mass is 10.1. The first kappa shape index (κ1) is 16.2. The number of aromatic nitrogens is 1. The van der Waals surface area contributed by atoms with Gasteiger partial charge >= 0.3 is 0 Å². The molecule has 0 amide bonds. The molecule has 24 heavy (non-hydrogen) atoms. The van der Waals surface area contributed by atoms with Crippen molar-refractivity contribution in [3.05, 3.63) is 21.1 Å². The van der Waals surface area contributed by atoms with Crippen molar-refractivity contribution in [2.24, 2.45) is 0 Å². The minimum absolute atomic E-state index is 1.18. The third kappa shape index (κ3) is 3.25. The summed E-state index contributed by atoms with van der Waals surface area (Å²) in [4.78, 5) is 5.08. The number of hydrogen-bond acceptors (Lipinski definition) is 2. The average Bonchev–Trinajstić information content (AvgIpc) is 2.95. The number of rotatable bonds is 5. The van der Waals surface area contributed by atoms with Gasteiger partial charge in [-0.05, 0) is 52.1 Å². The third-order valence-corrected chi connectivity index (χ3v) is 5.83. The molecule has 0 atom stereocenters. The monoisotopic (exact) mass is 325 g/mol. The summed E-state index contributed by atoms with van der Waals surface area (Å²) in [5.74, 6) is 0. The van der Waals surface area contributed by atoms with Crippen molar-refractivity contribution in [3.63, 3.8) is 0 Å². The van der Waals surface area contributed by atoms with Gasteiger partial charge in [-0.2, -0.15) is 0 Å². The van der Waals surface area contributed by atoms with E-state index in [9.17, 15) is 0 Å². The maximum atomic E-state index is 2.64. The van der Waals surface area contributed by atoms with Crippen molar-refractivity contribution < 1.29 is 0 Å². The number of unbranched alkanes of at least 4 members (excludes halogenated alkanes) is 1. The second-order valence-corrected chi connectivity index (χ2v) is 7.57. The minimum Gasteiger partial charge on any atom is -0.341 e. The van der Waals surface area contributed by atoms with Crippen LogP contribution in [0.1, 0.15) is 38.5 Å². The normalized spacial score (nSPS) is 21.0. The van der Waals surface area contributed by atoms with E-state index in [1.54, 1.807) is 0 Å². The molecule has 0 unspecified atom stereocenters. The fourth-order valence-electron chi connectivity index (χ4n) is 4.38. The summed E-state index contributed by atoms with van der Waals surface area (Å²) < 4.78 is 2.61. The van der Waals surface area contributed by atoms with Gasteiger partial charge in [-0.15, -0.1) is 0 Å². The van der Waals surface area contributed by atoms with E-state index in [4.69, 9.17) is 0 Å². The first-order valence-corrected chi connectivity index (χ1v) is 9.83. The summed E-state index contributed by atoms with van der Waals surface area (Å²) in [5, 5.41) is 6.04. The lowest BCUT2D eigenvalue weighted by Gasteiger charge is -2.32. The predicted molar refractivity (Wildman–Crippen MR) is 102 cm³/mol. The first-order chi connectivity index (χ1) is 11.8. The van der Waals surface area contributed by atoms with Crippen molar-refractivity contribution in [3.8, 4) is 0 Å². The number of nitrogens with zero attached hydrogens (tertiary/aromatic N) is 3. The zero-order valence-corrected chi connectivity index (χ0v) is 15.1. The number of piperazine rings is 1. The molecule has 0 bridgehead atoms. The maximum absolute atomic E-state index is 2.64. The molecule has 3 heteroatoms. The Bertz CT molecular complexity index is 753. The number of likely N-dealkylation sites (N-methyl/N-ethyl adjacent to an activating group) is 1. The van der Waals surface area contributed by atoms with Crippen molar-refractivity contribution in [1.82, 2.24) is 14.4 Å². The highest BCUT2D eigenvalue weighted by Crippen LogP contribution is 2.03. The van der Waals surface area contributed by atoms with Gasteiger partial charge in [0.2, 0.25) is 0 Å². The average molecular weight is 326 g/mol. The van der Waals surface area contributed by atoms with E-state index in [1.165, 1.54) is 98.9 Å². The molecule has 4 rings (SSSR count). The third-order valence-electron chi connectivity index (χ3n) is 5.83. The molecular weight excluding hydrogens is 294 g/mol. The van der Waals surface area contributed by atoms with Crippen LogP contribution < -0.4 is 21.1 Å². The van der Waals surface area contributed by atoms with Crippen LogP contribution in [-0.2, 0) is 6.54 Å². The van der Waals surface area contributed by atoms with E-state index in [0.717, 1.165) is 0 Å². The van der Waals surface area contributed by atoms with Crippen LogP contribution in [0.2, 0.25) is 0 Å². The number of fused-ring (bicyclic) bond motifs is 3. The van der Waals surface area contributed by atoms with E-state index >= 15 is 0 Å². The SMILES string of the molecule is CN1CCN(CCCCn2c3c(c4c2=CCCC=4)=CCCC=3)CC1. The summed E-state index contributed by atoms with van der Waals surface area (Å²) in [6, 6.07) is 0. The molecule has 1 fully saturated rings. The lowest BCUT2D eigenvalue weighted by molar-refractivity contribution is 0.151. The largest absolute Gasteiger partial charge is 0.341 e. The van der Waals surface area contributed by atoms with Crippen LogP contribution in [0.3, 0.4) is 0 Å². The van der Waals surface area contributed by atoms with Gasteiger partial charge in [0, 0.05) is 53.9 Å². The summed E-state index contributed by atoms with van der Waals surface area (Å²) in [6.07, 6.45) is 17.3. The van der Waals surface area contributed by atoms with Crippen LogP contribution in [0.4, 0.5) is 0 Å². The first-order valence-electron chi connectivity index (χ1n) is 9.83. The Balaban J connectivity index is 1.44. The Hall–Kier alpha value is -1.32. The Morgan fingerprint density at radius 1 is 0.708 bits per heavy atom. The highest BCUT2D eigenvalue weighted by Gasteiger charge is 2.13. The number of hydrogen-bond donors (Lipinski definition) is 0. The van der Waals surface area contributed by atoms with Gasteiger partial charge in [-0.1, -0.05) is 24.3 Å². The van der Waals surface area contributed by atoms with Crippen molar-refractivity contribution in [1.29, 1.82) is 0 Å². The van der Waals surface area contributed by atoms with Crippen molar-refractivity contribution in [2.45, 2.75) is 45.1 Å². The summed E-state index contributed by atoms with van der Waals surface area (Å²) in [7, 11) is 2.23. The van der Waals surface area contributed by atoms with Crippen LogP contribution in [0.5, 0.6) is 0 Å². The summed E-state index contributed by atoms with van der Waals surface area (Å²) in [5.41, 5.74) is 0. The van der Waals surface area contributed by atoms with E-state index in [1.807, 2.05) is 0 Å². The molecule has 130 valence electrons. The van der Waals surface area contributed by atoms with Gasteiger partial charge in [0.1, 0.15) is 0 Å². The van der Waals surface area contributed by atoms with Gasteiger partial charge in [-0.25, -0.2) is 0 Å². The van der Waals surface area contributed by atoms with E-state index in [2.05, 4.69) is 45.7 Å². The van der Waals surface area contributed by atoms with Gasteiger partial charge < -0.3 is 14.4 Å². The van der Waals surface area contributed by atoms with Crippen LogP contribution in [0.25, 0.3) is 24.3 Å². The molecule has 0 aromatic carbocycles. The Labute approximate surface area is 145 Å². The van der Waals surface area contributed by atoms with Crippen LogP contribution in [0, 0.1) is 0 Å². The second-order valence-electron chi connectivity index (χ2n) is 7.57. The van der Waals surface area contributed by atoms with E-state index in [-0.39, 0.29) is 0 Å². The molecule has 2 aliphatic carbocycles. The Morgan fingerprint density at radius 3 is 1.88 bits per heavy atom. The minimum atomic E-state index is 1.18. The molecule has 3 nitrogen and oxygen atoms in total. The zero-order chi connectivity index (χ0) is 16.4. The molecule has 1 saturated heterocycles. The molecule has 3 aliphatic rings. The second kappa shape index (κ2) is 7.28. The van der Waals surface area contributed by atoms with E-state index in [0.29, 0.717) is 0 Å². The highest BCUT2D eigenvalue weighted by molar-refractivity contribution is 5.44. The van der Waals surface area contributed by atoms with Gasteiger partial charge in [0.15, 0.2) is 0 Å². The zero-order valence-electron chi connectivity index (χ0n) is 15.1. The lowest BCUT2D eigenvalue weighted by Crippen LogP contribution is -2.44. The summed E-state index contributed by atoms with van der Waals surface area (Å²) >= 11 is 0. The molecule has 1 aromatic heterocycles. The quantitative estimate of drug-likeness (QED) is 0.718. The topological polar surface area (TPSA) is 11.4 Å². The molecule has 0 spiro atoms. The Morgan fingerprint density at radius 2 is 1.25 bits per heavy atom. The standard InChI is InChI=1S/C21H31N3/c1-22-14-16-23(17-15-22)12-6-7-13-24-20-10-4-2-8-18(20)19-9-3-5-11-21(19)24/h8-11H,2-7,12-17H2,1H3. The fraction of sp³-hybridized carbons (Fsp3) is 0.619. The highest BCUT2D eigenvalue weighted by atomic mass is 15.2. The van der Waals surface area contributed by atoms with Gasteiger partial charge in [0.25, 0.3) is 0 Å². The molecular formula is C21H31N3. The van der Waals surface area contributed by atoms with Crippen LogP contribution >= 0.6 is 0 Å².